The third-order valence-corrected chi connectivity index (χ3v) is 4.78. The summed E-state index contributed by atoms with van der Waals surface area (Å²) in [5.74, 6) is -0.325. The van der Waals surface area contributed by atoms with Gasteiger partial charge < -0.3 is 14.8 Å². The lowest BCUT2D eigenvalue weighted by Crippen LogP contribution is -2.13. The number of benzene rings is 3. The van der Waals surface area contributed by atoms with Crippen molar-refractivity contribution in [2.24, 2.45) is 0 Å². The predicted octanol–water partition coefficient (Wildman–Crippen LogP) is 5.92. The molecule has 1 amide bonds. The van der Waals surface area contributed by atoms with E-state index in [-0.39, 0.29) is 10.6 Å². The highest BCUT2D eigenvalue weighted by molar-refractivity contribution is 6.32. The van der Waals surface area contributed by atoms with Gasteiger partial charge in [-0.1, -0.05) is 41.4 Å². The van der Waals surface area contributed by atoms with Crippen LogP contribution in [0.1, 0.15) is 16.7 Å². The zero-order chi connectivity index (χ0) is 23.1. The maximum absolute atomic E-state index is 13.0. The minimum atomic E-state index is -0.631. The normalized spacial score (nSPS) is 10.9. The number of nitriles is 1. The first-order chi connectivity index (χ1) is 15.4. The number of rotatable bonds is 7. The minimum absolute atomic E-state index is 0.152. The number of aryl methyl sites for hydroxylation is 1. The highest BCUT2D eigenvalue weighted by atomic mass is 35.5. The van der Waals surface area contributed by atoms with Crippen LogP contribution < -0.4 is 14.8 Å². The van der Waals surface area contributed by atoms with Gasteiger partial charge in [-0.25, -0.2) is 4.39 Å². The number of anilines is 1. The van der Waals surface area contributed by atoms with E-state index in [2.05, 4.69) is 5.32 Å². The summed E-state index contributed by atoms with van der Waals surface area (Å²) >= 11 is 6.41. The van der Waals surface area contributed by atoms with E-state index in [9.17, 15) is 14.4 Å². The summed E-state index contributed by atoms with van der Waals surface area (Å²) in [5.41, 5.74) is 2.80. The Hall–Kier alpha value is -3.82. The molecule has 0 heterocycles. The lowest BCUT2D eigenvalue weighted by Gasteiger charge is -2.14. The number of ether oxygens (including phenoxy) is 2. The number of hydrogen-bond acceptors (Lipinski definition) is 4. The van der Waals surface area contributed by atoms with Crippen molar-refractivity contribution in [3.05, 3.63) is 93.8 Å². The smallest absolute Gasteiger partial charge is 0.266 e. The monoisotopic (exact) mass is 450 g/mol. The fraction of sp³-hybridized carbons (Fsp3) is 0.120. The van der Waals surface area contributed by atoms with E-state index in [1.54, 1.807) is 12.1 Å². The minimum Gasteiger partial charge on any atom is -0.493 e. The Morgan fingerprint density at radius 3 is 2.59 bits per heavy atom. The van der Waals surface area contributed by atoms with E-state index in [0.29, 0.717) is 29.4 Å². The number of methoxy groups -OCH3 is 1. The summed E-state index contributed by atoms with van der Waals surface area (Å²) in [4.78, 5) is 12.4. The number of hydrogen-bond donors (Lipinski definition) is 1. The quantitative estimate of drug-likeness (QED) is 0.358. The van der Waals surface area contributed by atoms with Gasteiger partial charge in [-0.2, -0.15) is 5.26 Å². The van der Waals surface area contributed by atoms with Gasteiger partial charge in [0.2, 0.25) is 0 Å². The van der Waals surface area contributed by atoms with Crippen LogP contribution in [0, 0.1) is 24.1 Å². The van der Waals surface area contributed by atoms with E-state index in [1.807, 2.05) is 37.3 Å². The zero-order valence-electron chi connectivity index (χ0n) is 17.5. The fourth-order valence-corrected chi connectivity index (χ4v) is 3.24. The molecule has 0 unspecified atom stereocenters. The van der Waals surface area contributed by atoms with Gasteiger partial charge in [0.15, 0.2) is 11.5 Å². The molecule has 7 heteroatoms. The summed E-state index contributed by atoms with van der Waals surface area (Å²) < 4.78 is 24.3. The molecule has 5 nitrogen and oxygen atoms in total. The van der Waals surface area contributed by atoms with Crippen molar-refractivity contribution in [2.75, 3.05) is 12.4 Å². The summed E-state index contributed by atoms with van der Waals surface area (Å²) in [5, 5.41) is 12.3. The summed E-state index contributed by atoms with van der Waals surface area (Å²) in [7, 11) is 1.48. The van der Waals surface area contributed by atoms with Gasteiger partial charge in [0.1, 0.15) is 24.1 Å². The van der Waals surface area contributed by atoms with Gasteiger partial charge in [-0.15, -0.1) is 0 Å². The SMILES string of the molecule is COc1cc(/C=C(\C#N)C(=O)Nc2ccc(F)cc2)cc(Cl)c1OCc1cccc(C)c1. The molecule has 162 valence electrons. The Labute approximate surface area is 190 Å². The van der Waals surface area contributed by atoms with Crippen molar-refractivity contribution < 1.29 is 18.7 Å². The highest BCUT2D eigenvalue weighted by Crippen LogP contribution is 2.37. The summed E-state index contributed by atoms with van der Waals surface area (Å²) in [6.45, 7) is 2.30. The standard InChI is InChI=1S/C25H20ClFN2O3/c1-16-4-3-5-17(10-16)15-32-24-22(26)12-18(13-23(24)31-2)11-19(14-28)25(30)29-21-8-6-20(27)7-9-21/h3-13H,15H2,1-2H3,(H,29,30)/b19-11+. The molecule has 0 bridgehead atoms. The summed E-state index contributed by atoms with van der Waals surface area (Å²) in [6.07, 6.45) is 1.39. The van der Waals surface area contributed by atoms with Crippen LogP contribution in [0.25, 0.3) is 6.08 Å². The molecule has 3 aromatic rings. The zero-order valence-corrected chi connectivity index (χ0v) is 18.2. The molecule has 0 aliphatic heterocycles. The number of nitrogens with one attached hydrogen (secondary N) is 1. The average Bonchev–Trinajstić information content (AvgIpc) is 2.77. The molecule has 0 saturated carbocycles. The molecule has 0 spiro atoms. The Bertz CT molecular complexity index is 1200. The van der Waals surface area contributed by atoms with Crippen LogP contribution in [-0.4, -0.2) is 13.0 Å². The number of halogens is 2. The second-order valence-electron chi connectivity index (χ2n) is 6.94. The van der Waals surface area contributed by atoms with Crippen LogP contribution >= 0.6 is 11.6 Å². The van der Waals surface area contributed by atoms with Gasteiger partial charge in [0, 0.05) is 5.69 Å². The lowest BCUT2D eigenvalue weighted by molar-refractivity contribution is -0.112. The van der Waals surface area contributed by atoms with Crippen LogP contribution in [0.2, 0.25) is 5.02 Å². The van der Waals surface area contributed by atoms with Gasteiger partial charge in [-0.05, 0) is 60.5 Å². The fourth-order valence-electron chi connectivity index (χ4n) is 2.97. The molecule has 32 heavy (non-hydrogen) atoms. The Morgan fingerprint density at radius 2 is 1.94 bits per heavy atom. The Morgan fingerprint density at radius 1 is 1.19 bits per heavy atom. The second kappa shape index (κ2) is 10.5. The molecule has 0 aliphatic carbocycles. The van der Waals surface area contributed by atoms with Crippen molar-refractivity contribution >= 4 is 29.3 Å². The second-order valence-corrected chi connectivity index (χ2v) is 7.35. The molecule has 3 rings (SSSR count). The molecule has 0 saturated heterocycles. The predicted molar refractivity (Wildman–Crippen MR) is 122 cm³/mol. The van der Waals surface area contributed by atoms with E-state index >= 15 is 0 Å². The van der Waals surface area contributed by atoms with Crippen molar-refractivity contribution in [2.45, 2.75) is 13.5 Å². The van der Waals surface area contributed by atoms with E-state index in [0.717, 1.165) is 11.1 Å². The molecule has 0 aromatic heterocycles. The van der Waals surface area contributed by atoms with Crippen molar-refractivity contribution in [3.8, 4) is 17.6 Å². The Balaban J connectivity index is 1.81. The molecule has 0 radical (unpaired) electrons. The van der Waals surface area contributed by atoms with E-state index < -0.39 is 11.7 Å². The summed E-state index contributed by atoms with van der Waals surface area (Å²) in [6, 6.07) is 18.2. The molecule has 0 atom stereocenters. The first-order valence-electron chi connectivity index (χ1n) is 9.64. The van der Waals surface area contributed by atoms with Crippen molar-refractivity contribution in [3.63, 3.8) is 0 Å². The molecular weight excluding hydrogens is 431 g/mol. The van der Waals surface area contributed by atoms with Crippen molar-refractivity contribution in [1.29, 1.82) is 5.26 Å². The maximum Gasteiger partial charge on any atom is 0.266 e. The highest BCUT2D eigenvalue weighted by Gasteiger charge is 2.15. The van der Waals surface area contributed by atoms with Gasteiger partial charge >= 0.3 is 0 Å². The van der Waals surface area contributed by atoms with Crippen LogP contribution in [0.15, 0.2) is 66.2 Å². The lowest BCUT2D eigenvalue weighted by atomic mass is 10.1. The first kappa shape index (κ1) is 22.9. The van der Waals surface area contributed by atoms with Gasteiger partial charge in [0.25, 0.3) is 5.91 Å². The van der Waals surface area contributed by atoms with Gasteiger partial charge in [-0.3, -0.25) is 4.79 Å². The third-order valence-electron chi connectivity index (χ3n) is 4.50. The topological polar surface area (TPSA) is 71.3 Å². The Kier molecular flexibility index (Phi) is 7.48. The van der Waals surface area contributed by atoms with E-state index in [1.165, 1.54) is 37.5 Å². The van der Waals surface area contributed by atoms with E-state index in [4.69, 9.17) is 21.1 Å². The van der Waals surface area contributed by atoms with Crippen LogP contribution in [0.4, 0.5) is 10.1 Å². The molecule has 1 N–H and O–H groups in total. The number of nitrogens with zero attached hydrogens (tertiary/aromatic N) is 1. The van der Waals surface area contributed by atoms with Crippen LogP contribution in [0.5, 0.6) is 11.5 Å². The molecular formula is C25H20ClFN2O3. The first-order valence-corrected chi connectivity index (χ1v) is 10.0. The van der Waals surface area contributed by atoms with Crippen LogP contribution in [0.3, 0.4) is 0 Å². The average molecular weight is 451 g/mol. The largest absolute Gasteiger partial charge is 0.493 e. The molecule has 0 aliphatic rings. The molecule has 3 aromatic carbocycles. The third kappa shape index (κ3) is 5.87. The number of carbonyl (C=O) groups is 1. The van der Waals surface area contributed by atoms with Gasteiger partial charge in [0.05, 0.1) is 12.1 Å². The van der Waals surface area contributed by atoms with Crippen molar-refractivity contribution in [1.82, 2.24) is 0 Å². The number of carbonyl (C=O) groups excluding carboxylic acids is 1. The van der Waals surface area contributed by atoms with Crippen LogP contribution in [-0.2, 0) is 11.4 Å². The maximum atomic E-state index is 13.0. The molecule has 0 fully saturated rings. The number of amides is 1.